The molecule has 1 aliphatic heterocycles. The molecular formula is C19H20N4O. The van der Waals surface area contributed by atoms with Crippen LogP contribution in [0.15, 0.2) is 59.3 Å². The Hall–Kier alpha value is -2.53. The van der Waals surface area contributed by atoms with Gasteiger partial charge in [-0.2, -0.15) is 0 Å². The Bertz CT molecular complexity index is 772. The van der Waals surface area contributed by atoms with E-state index < -0.39 is 0 Å². The molecule has 3 aromatic rings. The lowest BCUT2D eigenvalue weighted by Gasteiger charge is -2.31. The zero-order valence-electron chi connectivity index (χ0n) is 13.5. The maximum Gasteiger partial charge on any atom is 0.247 e. The van der Waals surface area contributed by atoms with Crippen LogP contribution in [-0.4, -0.2) is 33.2 Å². The summed E-state index contributed by atoms with van der Waals surface area (Å²) in [7, 11) is 0. The molecule has 0 saturated carbocycles. The van der Waals surface area contributed by atoms with Gasteiger partial charge in [0, 0.05) is 31.0 Å². The number of likely N-dealkylation sites (tertiary alicyclic amines) is 1. The highest BCUT2D eigenvalue weighted by molar-refractivity contribution is 5.50. The number of hydrogen-bond donors (Lipinski definition) is 0. The summed E-state index contributed by atoms with van der Waals surface area (Å²) in [4.78, 5) is 6.49. The van der Waals surface area contributed by atoms with E-state index in [0.29, 0.717) is 11.8 Å². The fourth-order valence-electron chi connectivity index (χ4n) is 3.25. The topological polar surface area (TPSA) is 55.1 Å². The van der Waals surface area contributed by atoms with Crippen molar-refractivity contribution in [2.24, 2.45) is 0 Å². The third-order valence-corrected chi connectivity index (χ3v) is 4.47. The van der Waals surface area contributed by atoms with E-state index in [1.165, 1.54) is 5.56 Å². The minimum atomic E-state index is 0.311. The van der Waals surface area contributed by atoms with Gasteiger partial charge in [-0.1, -0.05) is 30.3 Å². The Balaban J connectivity index is 1.45. The SMILES string of the molecule is c1ccc(CN2CCCC(c3nnc(-c4ccncc4)o3)C2)cc1. The lowest BCUT2D eigenvalue weighted by atomic mass is 9.97. The number of aromatic nitrogens is 3. The highest BCUT2D eigenvalue weighted by atomic mass is 16.4. The maximum atomic E-state index is 5.93. The molecule has 0 aliphatic carbocycles. The Morgan fingerprint density at radius 1 is 1.04 bits per heavy atom. The molecule has 122 valence electrons. The van der Waals surface area contributed by atoms with Crippen LogP contribution in [-0.2, 0) is 6.54 Å². The number of piperidine rings is 1. The van der Waals surface area contributed by atoms with Crippen molar-refractivity contribution in [3.63, 3.8) is 0 Å². The second kappa shape index (κ2) is 6.93. The van der Waals surface area contributed by atoms with Gasteiger partial charge < -0.3 is 4.42 Å². The van der Waals surface area contributed by atoms with Crippen LogP contribution in [0.4, 0.5) is 0 Å². The highest BCUT2D eigenvalue weighted by Gasteiger charge is 2.26. The lowest BCUT2D eigenvalue weighted by molar-refractivity contribution is 0.186. The van der Waals surface area contributed by atoms with Crippen molar-refractivity contribution in [2.75, 3.05) is 13.1 Å². The molecule has 1 unspecified atom stereocenters. The van der Waals surface area contributed by atoms with Gasteiger partial charge in [0.2, 0.25) is 11.8 Å². The van der Waals surface area contributed by atoms with Gasteiger partial charge in [-0.15, -0.1) is 10.2 Å². The number of pyridine rings is 1. The first-order chi connectivity index (χ1) is 11.9. The molecular weight excluding hydrogens is 300 g/mol. The zero-order chi connectivity index (χ0) is 16.2. The summed E-state index contributed by atoms with van der Waals surface area (Å²) in [5, 5.41) is 8.50. The molecule has 0 spiro atoms. The third kappa shape index (κ3) is 3.36. The van der Waals surface area contributed by atoms with E-state index in [4.69, 9.17) is 4.42 Å². The van der Waals surface area contributed by atoms with Crippen LogP contribution in [0.3, 0.4) is 0 Å². The van der Waals surface area contributed by atoms with E-state index in [9.17, 15) is 0 Å². The quantitative estimate of drug-likeness (QED) is 0.736. The molecule has 0 N–H and O–H groups in total. The molecule has 1 atom stereocenters. The van der Waals surface area contributed by atoms with Crippen LogP contribution in [0.5, 0.6) is 0 Å². The van der Waals surface area contributed by atoms with Crippen LogP contribution in [0.1, 0.15) is 30.2 Å². The monoisotopic (exact) mass is 320 g/mol. The van der Waals surface area contributed by atoms with E-state index in [0.717, 1.165) is 43.9 Å². The van der Waals surface area contributed by atoms with E-state index in [-0.39, 0.29) is 0 Å². The molecule has 0 radical (unpaired) electrons. The van der Waals surface area contributed by atoms with Gasteiger partial charge in [-0.3, -0.25) is 9.88 Å². The Morgan fingerprint density at radius 2 is 1.88 bits per heavy atom. The van der Waals surface area contributed by atoms with Gasteiger partial charge in [0.15, 0.2) is 0 Å². The maximum absolute atomic E-state index is 5.93. The van der Waals surface area contributed by atoms with E-state index in [1.54, 1.807) is 12.4 Å². The first kappa shape index (κ1) is 15.0. The van der Waals surface area contributed by atoms with Crippen LogP contribution in [0.2, 0.25) is 0 Å². The van der Waals surface area contributed by atoms with Crippen LogP contribution in [0.25, 0.3) is 11.5 Å². The molecule has 3 heterocycles. The normalized spacial score (nSPS) is 18.6. The van der Waals surface area contributed by atoms with Crippen molar-refractivity contribution in [1.82, 2.24) is 20.1 Å². The number of hydrogen-bond acceptors (Lipinski definition) is 5. The minimum Gasteiger partial charge on any atom is -0.420 e. The smallest absolute Gasteiger partial charge is 0.247 e. The molecule has 1 saturated heterocycles. The summed E-state index contributed by atoms with van der Waals surface area (Å²) >= 11 is 0. The molecule has 1 fully saturated rings. The molecule has 0 bridgehead atoms. The van der Waals surface area contributed by atoms with Crippen molar-refractivity contribution in [3.8, 4) is 11.5 Å². The predicted molar refractivity (Wildman–Crippen MR) is 91.2 cm³/mol. The van der Waals surface area contributed by atoms with Crippen molar-refractivity contribution in [3.05, 3.63) is 66.3 Å². The number of rotatable bonds is 4. The summed E-state index contributed by atoms with van der Waals surface area (Å²) in [5.74, 6) is 1.64. The first-order valence-corrected chi connectivity index (χ1v) is 8.38. The minimum absolute atomic E-state index is 0.311. The molecule has 24 heavy (non-hydrogen) atoms. The standard InChI is InChI=1S/C19H20N4O/c1-2-5-15(6-3-1)13-23-12-4-7-17(14-23)19-22-21-18(24-19)16-8-10-20-11-9-16/h1-3,5-6,8-11,17H,4,7,12-14H2. The van der Waals surface area contributed by atoms with E-state index >= 15 is 0 Å². The molecule has 1 aromatic carbocycles. The van der Waals surface area contributed by atoms with Crippen molar-refractivity contribution in [2.45, 2.75) is 25.3 Å². The Morgan fingerprint density at radius 3 is 2.71 bits per heavy atom. The Labute approximate surface area is 141 Å². The number of nitrogens with zero attached hydrogens (tertiary/aromatic N) is 4. The van der Waals surface area contributed by atoms with E-state index in [1.807, 2.05) is 12.1 Å². The zero-order valence-corrected chi connectivity index (χ0v) is 13.5. The second-order valence-corrected chi connectivity index (χ2v) is 6.24. The predicted octanol–water partition coefficient (Wildman–Crippen LogP) is 3.51. The molecule has 5 nitrogen and oxygen atoms in total. The van der Waals surface area contributed by atoms with Crippen LogP contribution in [0, 0.1) is 0 Å². The van der Waals surface area contributed by atoms with Crippen LogP contribution < -0.4 is 0 Å². The fourth-order valence-corrected chi connectivity index (χ4v) is 3.25. The highest BCUT2D eigenvalue weighted by Crippen LogP contribution is 2.28. The molecule has 2 aromatic heterocycles. The number of benzene rings is 1. The van der Waals surface area contributed by atoms with Crippen molar-refractivity contribution in [1.29, 1.82) is 0 Å². The summed E-state index contributed by atoms with van der Waals surface area (Å²) in [5.41, 5.74) is 2.27. The van der Waals surface area contributed by atoms with Crippen molar-refractivity contribution < 1.29 is 4.42 Å². The Kier molecular flexibility index (Phi) is 4.34. The first-order valence-electron chi connectivity index (χ1n) is 8.38. The molecule has 4 rings (SSSR count). The van der Waals surface area contributed by atoms with Gasteiger partial charge >= 0.3 is 0 Å². The second-order valence-electron chi connectivity index (χ2n) is 6.24. The molecule has 5 heteroatoms. The average molecular weight is 320 g/mol. The molecule has 0 amide bonds. The fraction of sp³-hybridized carbons (Fsp3) is 0.316. The van der Waals surface area contributed by atoms with Crippen LogP contribution >= 0.6 is 0 Å². The van der Waals surface area contributed by atoms with Gasteiger partial charge in [0.05, 0.1) is 5.92 Å². The van der Waals surface area contributed by atoms with Gasteiger partial charge in [0.1, 0.15) is 0 Å². The summed E-state index contributed by atoms with van der Waals surface area (Å²) in [6.07, 6.45) is 5.73. The lowest BCUT2D eigenvalue weighted by Crippen LogP contribution is -2.34. The molecule has 1 aliphatic rings. The van der Waals surface area contributed by atoms with Gasteiger partial charge in [-0.25, -0.2) is 0 Å². The third-order valence-electron chi connectivity index (χ3n) is 4.47. The average Bonchev–Trinajstić information content (AvgIpc) is 3.14. The van der Waals surface area contributed by atoms with Crippen molar-refractivity contribution >= 4 is 0 Å². The van der Waals surface area contributed by atoms with E-state index in [2.05, 4.69) is 50.4 Å². The van der Waals surface area contributed by atoms with Gasteiger partial charge in [-0.05, 0) is 37.1 Å². The summed E-state index contributed by atoms with van der Waals surface area (Å²) < 4.78 is 5.93. The largest absolute Gasteiger partial charge is 0.420 e. The summed E-state index contributed by atoms with van der Waals surface area (Å²) in [6.45, 7) is 3.06. The van der Waals surface area contributed by atoms with Gasteiger partial charge in [0.25, 0.3) is 0 Å². The summed E-state index contributed by atoms with van der Waals surface area (Å²) in [6, 6.07) is 14.4.